The zero-order valence-corrected chi connectivity index (χ0v) is 16.7. The molecule has 0 unspecified atom stereocenters. The number of fused-ring (bicyclic) bond motifs is 1. The summed E-state index contributed by atoms with van der Waals surface area (Å²) in [7, 11) is 0. The Bertz CT molecular complexity index is 1070. The van der Waals surface area contributed by atoms with Crippen molar-refractivity contribution in [3.63, 3.8) is 0 Å². The van der Waals surface area contributed by atoms with Gasteiger partial charge < -0.3 is 30.8 Å². The van der Waals surface area contributed by atoms with Gasteiger partial charge in [-0.05, 0) is 32.4 Å². The van der Waals surface area contributed by atoms with Crippen LogP contribution in [0.4, 0.5) is 11.8 Å². The van der Waals surface area contributed by atoms with Crippen molar-refractivity contribution >= 4 is 34.3 Å². The summed E-state index contributed by atoms with van der Waals surface area (Å²) in [6.07, 6.45) is -1.78. The minimum Gasteiger partial charge on any atom is -0.454 e. The van der Waals surface area contributed by atoms with Crippen LogP contribution < -0.4 is 11.1 Å². The van der Waals surface area contributed by atoms with E-state index in [1.54, 1.807) is 0 Å². The van der Waals surface area contributed by atoms with Gasteiger partial charge in [-0.25, -0.2) is 4.98 Å². The number of nitrogens with one attached hydrogen (secondary N) is 1. The van der Waals surface area contributed by atoms with Crippen LogP contribution in [-0.4, -0.2) is 55.1 Å². The van der Waals surface area contributed by atoms with Gasteiger partial charge in [-0.15, -0.1) is 0 Å². The van der Waals surface area contributed by atoms with Crippen molar-refractivity contribution in [2.75, 3.05) is 17.7 Å². The normalized spacial score (nSPS) is 24.3. The van der Waals surface area contributed by atoms with Crippen LogP contribution in [0, 0.1) is 19.8 Å². The first-order valence-corrected chi connectivity index (χ1v) is 9.61. The molecule has 3 heterocycles. The lowest BCUT2D eigenvalue weighted by Gasteiger charge is -2.20. The van der Waals surface area contributed by atoms with Crippen molar-refractivity contribution in [1.29, 1.82) is 0 Å². The number of pyridine rings is 1. The van der Waals surface area contributed by atoms with Crippen molar-refractivity contribution < 1.29 is 19.7 Å². The number of aliphatic hydroxyl groups excluding tert-OH is 3. The number of aromatic nitrogens is 3. The highest BCUT2D eigenvalue weighted by molar-refractivity contribution is 6.32. The molecular weight excluding hydrogens is 398 g/mol. The lowest BCUT2D eigenvalue weighted by Crippen LogP contribution is -2.35. The highest BCUT2D eigenvalue weighted by Gasteiger charge is 2.41. The van der Waals surface area contributed by atoms with Gasteiger partial charge in [-0.3, -0.25) is 4.98 Å². The van der Waals surface area contributed by atoms with E-state index in [4.69, 9.17) is 21.8 Å². The quantitative estimate of drug-likeness (QED) is 0.397. The summed E-state index contributed by atoms with van der Waals surface area (Å²) in [5.41, 5.74) is 8.40. The summed E-state index contributed by atoms with van der Waals surface area (Å²) in [6, 6.07) is 3.16. The molecule has 0 aromatic carbocycles. The number of rotatable bonds is 4. The number of hydrogen-bond donors (Lipinski definition) is 5. The fourth-order valence-corrected chi connectivity index (χ4v) is 4.16. The van der Waals surface area contributed by atoms with Crippen LogP contribution >= 0.6 is 11.6 Å². The molecule has 154 valence electrons. The SMILES string of the molecule is Cc1cc2cc(-c3c(Cl)nc(N)nc3N[C@@H]3C[C@H](CO)[C@@H](O)[C@H]3O)oc2c(C)n1. The minimum atomic E-state index is -1.08. The van der Waals surface area contributed by atoms with Crippen LogP contribution in [0.2, 0.25) is 5.15 Å². The molecule has 1 fully saturated rings. The summed E-state index contributed by atoms with van der Waals surface area (Å²) in [5, 5.41) is 33.9. The second kappa shape index (κ2) is 7.42. The lowest BCUT2D eigenvalue weighted by molar-refractivity contribution is 0.00446. The average Bonchev–Trinajstić information content (AvgIpc) is 3.17. The molecular formula is C19H22ClN5O4. The number of nitrogens with two attached hydrogens (primary N) is 1. The first-order valence-electron chi connectivity index (χ1n) is 9.23. The minimum absolute atomic E-state index is 0.0437. The van der Waals surface area contributed by atoms with Crippen LogP contribution in [-0.2, 0) is 0 Å². The fourth-order valence-electron chi connectivity index (χ4n) is 3.89. The summed E-state index contributed by atoms with van der Waals surface area (Å²) in [5.74, 6) is 0.217. The summed E-state index contributed by atoms with van der Waals surface area (Å²) >= 11 is 6.38. The third kappa shape index (κ3) is 3.51. The molecule has 4 rings (SSSR count). The molecule has 0 saturated heterocycles. The summed E-state index contributed by atoms with van der Waals surface area (Å²) in [4.78, 5) is 12.7. The molecule has 0 spiro atoms. The lowest BCUT2D eigenvalue weighted by atomic mass is 10.1. The van der Waals surface area contributed by atoms with Crippen molar-refractivity contribution in [2.45, 2.75) is 38.5 Å². The molecule has 9 nitrogen and oxygen atoms in total. The van der Waals surface area contributed by atoms with E-state index in [-0.39, 0.29) is 23.5 Å². The van der Waals surface area contributed by atoms with E-state index in [0.29, 0.717) is 23.3 Å². The van der Waals surface area contributed by atoms with Crippen LogP contribution in [0.1, 0.15) is 17.8 Å². The molecule has 0 aliphatic heterocycles. The molecule has 3 aromatic rings. The smallest absolute Gasteiger partial charge is 0.223 e. The Balaban J connectivity index is 1.78. The second-order valence-electron chi connectivity index (χ2n) is 7.38. The number of nitrogen functional groups attached to an aromatic ring is 1. The van der Waals surface area contributed by atoms with Gasteiger partial charge in [0.2, 0.25) is 5.95 Å². The third-order valence-corrected chi connectivity index (χ3v) is 5.56. The largest absolute Gasteiger partial charge is 0.454 e. The highest BCUT2D eigenvalue weighted by atomic mass is 35.5. The van der Waals surface area contributed by atoms with Crippen molar-refractivity contribution in [1.82, 2.24) is 15.0 Å². The maximum atomic E-state index is 10.3. The first-order chi connectivity index (χ1) is 13.8. The number of aliphatic hydroxyl groups is 3. The number of aryl methyl sites for hydroxylation is 2. The molecule has 0 amide bonds. The maximum absolute atomic E-state index is 10.3. The molecule has 1 aliphatic rings. The van der Waals surface area contributed by atoms with Crippen LogP contribution in [0.3, 0.4) is 0 Å². The van der Waals surface area contributed by atoms with E-state index in [0.717, 1.165) is 16.8 Å². The van der Waals surface area contributed by atoms with Crippen molar-refractivity contribution in [2.24, 2.45) is 5.92 Å². The predicted molar refractivity (Wildman–Crippen MR) is 109 cm³/mol. The molecule has 0 radical (unpaired) electrons. The summed E-state index contributed by atoms with van der Waals surface area (Å²) < 4.78 is 6.00. The van der Waals surface area contributed by atoms with E-state index in [1.165, 1.54) is 0 Å². The van der Waals surface area contributed by atoms with E-state index < -0.39 is 24.2 Å². The van der Waals surface area contributed by atoms with Crippen molar-refractivity contribution in [3.05, 3.63) is 28.7 Å². The maximum Gasteiger partial charge on any atom is 0.223 e. The zero-order valence-electron chi connectivity index (χ0n) is 15.9. The van der Waals surface area contributed by atoms with Crippen LogP contribution in [0.5, 0.6) is 0 Å². The topological polar surface area (TPSA) is 151 Å². The summed E-state index contributed by atoms with van der Waals surface area (Å²) in [6.45, 7) is 3.52. The predicted octanol–water partition coefficient (Wildman–Crippen LogP) is 1.65. The molecule has 4 atom stereocenters. The molecule has 3 aromatic heterocycles. The molecule has 1 aliphatic carbocycles. The standard InChI is InChI=1S/C19H22ClN5O4/c1-7-3-9-5-12(29-16(9)8(2)22-7)13-17(20)24-19(21)25-18(13)23-11-4-10(6-26)14(27)15(11)28/h3,5,10-11,14-15,26-28H,4,6H2,1-2H3,(H3,21,23,24,25)/t10-,11-,14-,15+/m1/s1. The molecule has 6 N–H and O–H groups in total. The van der Waals surface area contributed by atoms with Gasteiger partial charge in [0.05, 0.1) is 23.4 Å². The van der Waals surface area contributed by atoms with Crippen LogP contribution in [0.15, 0.2) is 16.5 Å². The Hall–Kier alpha value is -2.46. The van der Waals surface area contributed by atoms with Gasteiger partial charge in [0.25, 0.3) is 0 Å². The Kier molecular flexibility index (Phi) is 5.07. The van der Waals surface area contributed by atoms with Crippen LogP contribution in [0.25, 0.3) is 22.3 Å². The number of anilines is 2. The monoisotopic (exact) mass is 419 g/mol. The third-order valence-electron chi connectivity index (χ3n) is 5.28. The average molecular weight is 420 g/mol. The number of nitrogens with zero attached hydrogens (tertiary/aromatic N) is 3. The van der Waals surface area contributed by atoms with E-state index in [1.807, 2.05) is 26.0 Å². The van der Waals surface area contributed by atoms with Gasteiger partial charge >= 0.3 is 0 Å². The van der Waals surface area contributed by atoms with E-state index in [2.05, 4.69) is 20.3 Å². The Morgan fingerprint density at radius 2 is 1.97 bits per heavy atom. The Morgan fingerprint density at radius 1 is 1.21 bits per heavy atom. The second-order valence-corrected chi connectivity index (χ2v) is 7.74. The Labute approximate surface area is 171 Å². The van der Waals surface area contributed by atoms with E-state index >= 15 is 0 Å². The zero-order chi connectivity index (χ0) is 20.9. The van der Waals surface area contributed by atoms with Gasteiger partial charge in [-0.2, -0.15) is 4.98 Å². The number of furan rings is 1. The molecule has 29 heavy (non-hydrogen) atoms. The fraction of sp³-hybridized carbons (Fsp3) is 0.421. The van der Waals surface area contributed by atoms with Gasteiger partial charge in [0.1, 0.15) is 22.8 Å². The van der Waals surface area contributed by atoms with Gasteiger partial charge in [0.15, 0.2) is 5.58 Å². The Morgan fingerprint density at radius 3 is 2.66 bits per heavy atom. The van der Waals surface area contributed by atoms with E-state index in [9.17, 15) is 15.3 Å². The number of halogens is 1. The molecule has 10 heteroatoms. The van der Waals surface area contributed by atoms with Gasteiger partial charge in [-0.1, -0.05) is 11.6 Å². The highest BCUT2D eigenvalue weighted by Crippen LogP contribution is 2.39. The van der Waals surface area contributed by atoms with Gasteiger partial charge in [0, 0.05) is 23.6 Å². The first kappa shape index (κ1) is 19.8. The molecule has 1 saturated carbocycles. The van der Waals surface area contributed by atoms with Crippen molar-refractivity contribution in [3.8, 4) is 11.3 Å². The number of hydrogen-bond acceptors (Lipinski definition) is 9. The molecule has 0 bridgehead atoms.